The number of nitrogens with zero attached hydrogens (tertiary/aromatic N) is 1. The first kappa shape index (κ1) is 10.1. The third-order valence-corrected chi connectivity index (χ3v) is 2.73. The number of carboxylic acid groups (broad SMARTS) is 1. The van der Waals surface area contributed by atoms with Gasteiger partial charge in [0.15, 0.2) is 0 Å². The molecule has 0 aliphatic heterocycles. The zero-order valence-corrected chi connectivity index (χ0v) is 7.92. The Balaban J connectivity index is 2.28. The lowest BCUT2D eigenvalue weighted by atomic mass is 9.81. The highest BCUT2D eigenvalue weighted by molar-refractivity contribution is 6.58. The predicted molar refractivity (Wildman–Crippen MR) is 52.6 cm³/mol. The quantitative estimate of drug-likeness (QED) is 0.546. The van der Waals surface area contributed by atoms with Gasteiger partial charge in [-0.05, 0) is 18.9 Å². The molecule has 5 nitrogen and oxygen atoms in total. The Morgan fingerprint density at radius 3 is 2.40 bits per heavy atom. The molecular weight excluding hydrogens is 197 g/mol. The monoisotopic (exact) mass is 207 g/mol. The summed E-state index contributed by atoms with van der Waals surface area (Å²) in [5, 5.41) is 26.7. The van der Waals surface area contributed by atoms with Crippen LogP contribution in [0.2, 0.25) is 0 Å². The Labute approximate surface area is 86.5 Å². The molecule has 3 N–H and O–H groups in total. The van der Waals surface area contributed by atoms with Gasteiger partial charge in [0, 0.05) is 11.7 Å². The maximum absolute atomic E-state index is 11.0. The molecule has 0 unspecified atom stereocenters. The Hall–Kier alpha value is -1.40. The van der Waals surface area contributed by atoms with Crippen LogP contribution in [0.1, 0.15) is 18.5 Å². The molecule has 1 aliphatic rings. The van der Waals surface area contributed by atoms with Crippen molar-refractivity contribution < 1.29 is 19.9 Å². The standard InChI is InChI=1S/C9H10BNO4/c12-8(13)9(3-4-9)7-2-1-6(5-11-7)10(14)15/h1-2,5,14-15H,3-4H2,(H,12,13). The summed E-state index contributed by atoms with van der Waals surface area (Å²) in [5.41, 5.74) is -0.0850. The minimum atomic E-state index is -1.56. The van der Waals surface area contributed by atoms with Crippen LogP contribution in [0.5, 0.6) is 0 Å². The van der Waals surface area contributed by atoms with E-state index in [0.29, 0.717) is 18.5 Å². The number of rotatable bonds is 3. The highest BCUT2D eigenvalue weighted by Gasteiger charge is 2.53. The molecule has 1 aliphatic carbocycles. The van der Waals surface area contributed by atoms with Crippen molar-refractivity contribution in [3.8, 4) is 0 Å². The van der Waals surface area contributed by atoms with Gasteiger partial charge in [-0.3, -0.25) is 9.78 Å². The number of aromatic nitrogens is 1. The first-order valence-electron chi connectivity index (χ1n) is 4.62. The van der Waals surface area contributed by atoms with E-state index >= 15 is 0 Å². The van der Waals surface area contributed by atoms with Crippen molar-refractivity contribution in [2.45, 2.75) is 18.3 Å². The highest BCUT2D eigenvalue weighted by Crippen LogP contribution is 2.47. The Morgan fingerprint density at radius 1 is 1.40 bits per heavy atom. The molecule has 0 atom stereocenters. The minimum absolute atomic E-state index is 0.264. The van der Waals surface area contributed by atoms with E-state index in [1.807, 2.05) is 0 Å². The van der Waals surface area contributed by atoms with Crippen LogP contribution < -0.4 is 5.46 Å². The number of hydrogen-bond donors (Lipinski definition) is 3. The molecule has 0 radical (unpaired) electrons. The van der Waals surface area contributed by atoms with E-state index < -0.39 is 18.5 Å². The molecule has 0 spiro atoms. The Bertz CT molecular complexity index is 386. The minimum Gasteiger partial charge on any atom is -0.481 e. The summed E-state index contributed by atoms with van der Waals surface area (Å²) >= 11 is 0. The molecule has 1 aromatic rings. The molecule has 1 aromatic heterocycles. The first-order valence-corrected chi connectivity index (χ1v) is 4.62. The zero-order chi connectivity index (χ0) is 11.1. The fraction of sp³-hybridized carbons (Fsp3) is 0.333. The summed E-state index contributed by atoms with van der Waals surface area (Å²) < 4.78 is 0. The maximum Gasteiger partial charge on any atom is 0.490 e. The van der Waals surface area contributed by atoms with Gasteiger partial charge >= 0.3 is 13.1 Å². The molecule has 1 fully saturated rings. The van der Waals surface area contributed by atoms with Gasteiger partial charge in [0.25, 0.3) is 0 Å². The lowest BCUT2D eigenvalue weighted by Gasteiger charge is -2.09. The van der Waals surface area contributed by atoms with Crippen molar-refractivity contribution in [3.05, 3.63) is 24.0 Å². The Morgan fingerprint density at radius 2 is 2.07 bits per heavy atom. The largest absolute Gasteiger partial charge is 0.490 e. The van der Waals surface area contributed by atoms with Gasteiger partial charge in [-0.15, -0.1) is 0 Å². The maximum atomic E-state index is 11.0. The average Bonchev–Trinajstić information content (AvgIpc) is 2.98. The van der Waals surface area contributed by atoms with Crippen molar-refractivity contribution in [1.29, 1.82) is 0 Å². The van der Waals surface area contributed by atoms with Gasteiger partial charge in [-0.2, -0.15) is 0 Å². The smallest absolute Gasteiger partial charge is 0.481 e. The SMILES string of the molecule is O=C(O)C1(c2ccc(B(O)O)cn2)CC1. The van der Waals surface area contributed by atoms with Gasteiger partial charge in [0.2, 0.25) is 0 Å². The summed E-state index contributed by atoms with van der Waals surface area (Å²) in [6.07, 6.45) is 2.48. The van der Waals surface area contributed by atoms with Crippen LogP contribution in [0.3, 0.4) is 0 Å². The van der Waals surface area contributed by atoms with E-state index in [-0.39, 0.29) is 5.46 Å². The van der Waals surface area contributed by atoms with Crippen molar-refractivity contribution >= 4 is 18.6 Å². The average molecular weight is 207 g/mol. The van der Waals surface area contributed by atoms with Gasteiger partial charge in [0.05, 0.1) is 5.69 Å². The van der Waals surface area contributed by atoms with E-state index in [4.69, 9.17) is 15.2 Å². The first-order chi connectivity index (χ1) is 7.06. The molecular formula is C9H10BNO4. The van der Waals surface area contributed by atoms with Crippen LogP contribution in [0.15, 0.2) is 18.3 Å². The number of pyridine rings is 1. The van der Waals surface area contributed by atoms with Gasteiger partial charge < -0.3 is 15.2 Å². The van der Waals surface area contributed by atoms with Crippen LogP contribution in [0.4, 0.5) is 0 Å². The van der Waals surface area contributed by atoms with Gasteiger partial charge in [-0.1, -0.05) is 6.07 Å². The topological polar surface area (TPSA) is 90.7 Å². The molecule has 0 aromatic carbocycles. The van der Waals surface area contributed by atoms with Crippen LogP contribution >= 0.6 is 0 Å². The van der Waals surface area contributed by atoms with E-state index in [1.165, 1.54) is 18.3 Å². The summed E-state index contributed by atoms with van der Waals surface area (Å²) in [5.74, 6) is -0.868. The summed E-state index contributed by atoms with van der Waals surface area (Å²) in [7, 11) is -1.56. The second-order valence-electron chi connectivity index (χ2n) is 3.74. The van der Waals surface area contributed by atoms with Crippen LogP contribution in [0, 0.1) is 0 Å². The highest BCUT2D eigenvalue weighted by atomic mass is 16.4. The van der Waals surface area contributed by atoms with E-state index in [1.54, 1.807) is 0 Å². The summed E-state index contributed by atoms with van der Waals surface area (Å²) in [6.45, 7) is 0. The normalized spacial score (nSPS) is 17.2. The third kappa shape index (κ3) is 1.62. The van der Waals surface area contributed by atoms with E-state index in [0.717, 1.165) is 0 Å². The lowest BCUT2D eigenvalue weighted by Crippen LogP contribution is -2.31. The molecule has 0 saturated heterocycles. The molecule has 15 heavy (non-hydrogen) atoms. The molecule has 1 saturated carbocycles. The van der Waals surface area contributed by atoms with Crippen molar-refractivity contribution in [3.63, 3.8) is 0 Å². The molecule has 1 heterocycles. The number of aliphatic carboxylic acids is 1. The molecule has 2 rings (SSSR count). The number of carboxylic acids is 1. The second kappa shape index (κ2) is 3.32. The fourth-order valence-electron chi connectivity index (χ4n) is 1.55. The number of carbonyl (C=O) groups is 1. The number of hydrogen-bond acceptors (Lipinski definition) is 4. The Kier molecular flexibility index (Phi) is 2.24. The van der Waals surface area contributed by atoms with E-state index in [9.17, 15) is 4.79 Å². The van der Waals surface area contributed by atoms with Crippen molar-refractivity contribution in [2.24, 2.45) is 0 Å². The third-order valence-electron chi connectivity index (χ3n) is 2.73. The van der Waals surface area contributed by atoms with Crippen molar-refractivity contribution in [2.75, 3.05) is 0 Å². The fourth-order valence-corrected chi connectivity index (χ4v) is 1.55. The van der Waals surface area contributed by atoms with Crippen LogP contribution in [-0.4, -0.2) is 33.2 Å². The second-order valence-corrected chi connectivity index (χ2v) is 3.74. The van der Waals surface area contributed by atoms with Gasteiger partial charge in [0.1, 0.15) is 5.41 Å². The summed E-state index contributed by atoms with van der Waals surface area (Å²) in [6, 6.07) is 3.02. The predicted octanol–water partition coefficient (Wildman–Crippen LogP) is -1.12. The molecule has 78 valence electrons. The van der Waals surface area contributed by atoms with Crippen molar-refractivity contribution in [1.82, 2.24) is 4.98 Å². The lowest BCUT2D eigenvalue weighted by molar-refractivity contribution is -0.140. The van der Waals surface area contributed by atoms with Crippen LogP contribution in [0.25, 0.3) is 0 Å². The van der Waals surface area contributed by atoms with Gasteiger partial charge in [-0.25, -0.2) is 0 Å². The zero-order valence-electron chi connectivity index (χ0n) is 7.92. The molecule has 0 amide bonds. The molecule has 6 heteroatoms. The summed E-state index contributed by atoms with van der Waals surface area (Å²) in [4.78, 5) is 14.9. The molecule has 0 bridgehead atoms. The van der Waals surface area contributed by atoms with E-state index in [2.05, 4.69) is 4.98 Å². The van der Waals surface area contributed by atoms with Crippen LogP contribution in [-0.2, 0) is 10.2 Å².